The number of nitrogens with two attached hydrogens (primary N) is 1. The molecule has 0 aliphatic carbocycles. The molecule has 3 N–H and O–H groups in total. The van der Waals surface area contributed by atoms with E-state index in [2.05, 4.69) is 5.32 Å². The Kier molecular flexibility index (Phi) is 5.66. The van der Waals surface area contributed by atoms with Gasteiger partial charge >= 0.3 is 0 Å². The van der Waals surface area contributed by atoms with Crippen LogP contribution in [0.1, 0.15) is 20.3 Å². The van der Waals surface area contributed by atoms with Gasteiger partial charge in [0.2, 0.25) is 5.91 Å². The minimum absolute atomic E-state index is 0.0483. The van der Waals surface area contributed by atoms with E-state index in [1.807, 2.05) is 25.8 Å². The van der Waals surface area contributed by atoms with Crippen LogP contribution in [0, 0.1) is 0 Å². The molecule has 0 radical (unpaired) electrons. The zero-order chi connectivity index (χ0) is 10.4. The zero-order valence-corrected chi connectivity index (χ0v) is 9.00. The Morgan fingerprint density at radius 1 is 1.54 bits per heavy atom. The molecule has 0 aromatic heterocycles. The number of amides is 1. The van der Waals surface area contributed by atoms with Gasteiger partial charge in [-0.25, -0.2) is 0 Å². The van der Waals surface area contributed by atoms with Crippen LogP contribution in [0.3, 0.4) is 0 Å². The molecule has 0 spiro atoms. The summed E-state index contributed by atoms with van der Waals surface area (Å²) in [5.74, 6) is 0.0483. The van der Waals surface area contributed by atoms with Gasteiger partial charge in [0.25, 0.3) is 0 Å². The summed E-state index contributed by atoms with van der Waals surface area (Å²) in [7, 11) is 3.58. The van der Waals surface area contributed by atoms with Gasteiger partial charge in [-0.15, -0.1) is 0 Å². The van der Waals surface area contributed by atoms with Gasteiger partial charge in [0.15, 0.2) is 0 Å². The van der Waals surface area contributed by atoms with Crippen molar-refractivity contribution < 1.29 is 4.79 Å². The minimum atomic E-state index is -0.0799. The van der Waals surface area contributed by atoms with Crippen molar-refractivity contribution in [2.45, 2.75) is 32.4 Å². The van der Waals surface area contributed by atoms with Crippen LogP contribution in [-0.4, -0.2) is 43.5 Å². The van der Waals surface area contributed by atoms with Crippen LogP contribution in [0.25, 0.3) is 0 Å². The fourth-order valence-electron chi connectivity index (χ4n) is 1.01. The highest BCUT2D eigenvalue weighted by atomic mass is 16.2. The molecule has 4 nitrogen and oxygen atoms in total. The predicted octanol–water partition coefficient (Wildman–Crippen LogP) is -0.210. The van der Waals surface area contributed by atoms with Crippen molar-refractivity contribution >= 4 is 5.91 Å². The van der Waals surface area contributed by atoms with Gasteiger partial charge in [-0.05, 0) is 27.3 Å². The summed E-state index contributed by atoms with van der Waals surface area (Å²) >= 11 is 0. The molecular weight excluding hydrogens is 166 g/mol. The van der Waals surface area contributed by atoms with Crippen molar-refractivity contribution in [1.82, 2.24) is 10.2 Å². The maximum atomic E-state index is 11.2. The molecule has 78 valence electrons. The summed E-state index contributed by atoms with van der Waals surface area (Å²) in [5.41, 5.74) is 5.62. The first-order valence-corrected chi connectivity index (χ1v) is 4.66. The van der Waals surface area contributed by atoms with Crippen LogP contribution in [-0.2, 0) is 4.79 Å². The Hall–Kier alpha value is -0.610. The lowest BCUT2D eigenvalue weighted by Gasteiger charge is -2.23. The molecule has 13 heavy (non-hydrogen) atoms. The van der Waals surface area contributed by atoms with Crippen molar-refractivity contribution in [1.29, 1.82) is 0 Å². The fraction of sp³-hybridized carbons (Fsp3) is 0.889. The Labute approximate surface area is 80.5 Å². The second-order valence-corrected chi connectivity index (χ2v) is 3.54. The largest absolute Gasteiger partial charge is 0.358 e. The summed E-state index contributed by atoms with van der Waals surface area (Å²) in [5, 5.41) is 2.62. The second-order valence-electron chi connectivity index (χ2n) is 3.54. The van der Waals surface area contributed by atoms with Crippen molar-refractivity contribution in [3.05, 3.63) is 0 Å². The molecule has 1 amide bonds. The van der Waals surface area contributed by atoms with Crippen LogP contribution in [0.15, 0.2) is 0 Å². The van der Waals surface area contributed by atoms with E-state index in [4.69, 9.17) is 5.73 Å². The molecule has 2 unspecified atom stereocenters. The van der Waals surface area contributed by atoms with Gasteiger partial charge in [0.1, 0.15) is 0 Å². The number of likely N-dealkylation sites (N-methyl/N-ethyl adjacent to an activating group) is 2. The summed E-state index contributed by atoms with van der Waals surface area (Å²) < 4.78 is 0. The van der Waals surface area contributed by atoms with Gasteiger partial charge in [-0.1, -0.05) is 0 Å². The standard InChI is InChI=1S/C9H21N3O/c1-7(10)5-6-12(4)8(2)9(13)11-3/h7-8H,5-6,10H2,1-4H3,(H,11,13). The third kappa shape index (κ3) is 4.85. The molecule has 0 bridgehead atoms. The molecule has 0 saturated heterocycles. The summed E-state index contributed by atoms with van der Waals surface area (Å²) in [6.45, 7) is 4.71. The molecule has 0 saturated carbocycles. The van der Waals surface area contributed by atoms with Crippen molar-refractivity contribution in [3.8, 4) is 0 Å². The lowest BCUT2D eigenvalue weighted by molar-refractivity contribution is -0.124. The second kappa shape index (κ2) is 5.94. The van der Waals surface area contributed by atoms with Crippen LogP contribution in [0.2, 0.25) is 0 Å². The normalized spacial score (nSPS) is 15.5. The highest BCUT2D eigenvalue weighted by molar-refractivity contribution is 5.80. The lowest BCUT2D eigenvalue weighted by Crippen LogP contribution is -2.43. The average Bonchev–Trinajstić information content (AvgIpc) is 2.11. The minimum Gasteiger partial charge on any atom is -0.358 e. The van der Waals surface area contributed by atoms with Crippen LogP contribution in [0.5, 0.6) is 0 Å². The van der Waals surface area contributed by atoms with E-state index in [0.29, 0.717) is 0 Å². The van der Waals surface area contributed by atoms with Crippen molar-refractivity contribution in [2.24, 2.45) is 5.73 Å². The first-order chi connectivity index (χ1) is 5.99. The van der Waals surface area contributed by atoms with Gasteiger partial charge in [-0.3, -0.25) is 9.69 Å². The van der Waals surface area contributed by atoms with Gasteiger partial charge < -0.3 is 11.1 Å². The zero-order valence-electron chi connectivity index (χ0n) is 9.00. The topological polar surface area (TPSA) is 58.4 Å². The Balaban J connectivity index is 3.82. The summed E-state index contributed by atoms with van der Waals surface area (Å²) in [6, 6.07) is 0.114. The van der Waals surface area contributed by atoms with Gasteiger partial charge in [0, 0.05) is 19.6 Å². The van der Waals surface area contributed by atoms with E-state index in [1.54, 1.807) is 7.05 Å². The maximum absolute atomic E-state index is 11.2. The average molecular weight is 187 g/mol. The Morgan fingerprint density at radius 2 is 2.08 bits per heavy atom. The SMILES string of the molecule is CNC(=O)C(C)N(C)CCC(C)N. The number of nitrogens with one attached hydrogen (secondary N) is 1. The molecule has 0 aliphatic heterocycles. The molecule has 0 aromatic rings. The molecule has 0 fully saturated rings. The molecule has 4 heteroatoms. The van der Waals surface area contributed by atoms with Gasteiger partial charge in [0.05, 0.1) is 6.04 Å². The van der Waals surface area contributed by atoms with E-state index in [1.165, 1.54) is 0 Å². The van der Waals surface area contributed by atoms with E-state index >= 15 is 0 Å². The maximum Gasteiger partial charge on any atom is 0.236 e. The molecule has 0 aliphatic rings. The first-order valence-electron chi connectivity index (χ1n) is 4.66. The number of nitrogens with zero attached hydrogens (tertiary/aromatic N) is 1. The molecule has 0 heterocycles. The lowest BCUT2D eigenvalue weighted by atomic mass is 10.2. The van der Waals surface area contributed by atoms with Crippen LogP contribution >= 0.6 is 0 Å². The number of hydrogen-bond donors (Lipinski definition) is 2. The third-order valence-electron chi connectivity index (χ3n) is 2.22. The molecule has 2 atom stereocenters. The Bertz CT molecular complexity index is 159. The van der Waals surface area contributed by atoms with Crippen molar-refractivity contribution in [3.63, 3.8) is 0 Å². The van der Waals surface area contributed by atoms with Gasteiger partial charge in [-0.2, -0.15) is 0 Å². The van der Waals surface area contributed by atoms with E-state index < -0.39 is 0 Å². The number of hydrogen-bond acceptors (Lipinski definition) is 3. The third-order valence-corrected chi connectivity index (χ3v) is 2.22. The van der Waals surface area contributed by atoms with E-state index in [0.717, 1.165) is 13.0 Å². The number of carbonyl (C=O) groups excluding carboxylic acids is 1. The highest BCUT2D eigenvalue weighted by Crippen LogP contribution is 1.98. The fourth-order valence-corrected chi connectivity index (χ4v) is 1.01. The Morgan fingerprint density at radius 3 is 2.46 bits per heavy atom. The van der Waals surface area contributed by atoms with E-state index in [-0.39, 0.29) is 18.0 Å². The highest BCUT2D eigenvalue weighted by Gasteiger charge is 2.15. The monoisotopic (exact) mass is 187 g/mol. The van der Waals surface area contributed by atoms with Crippen molar-refractivity contribution in [2.75, 3.05) is 20.6 Å². The molecular formula is C9H21N3O. The number of carbonyl (C=O) groups is 1. The summed E-state index contributed by atoms with van der Waals surface area (Å²) in [6.07, 6.45) is 0.915. The first kappa shape index (κ1) is 12.4. The molecule has 0 aromatic carbocycles. The van der Waals surface area contributed by atoms with Crippen LogP contribution < -0.4 is 11.1 Å². The van der Waals surface area contributed by atoms with Crippen LogP contribution in [0.4, 0.5) is 0 Å². The smallest absolute Gasteiger partial charge is 0.236 e. The summed E-state index contributed by atoms with van der Waals surface area (Å²) in [4.78, 5) is 13.2. The number of rotatable bonds is 5. The quantitative estimate of drug-likeness (QED) is 0.626. The predicted molar refractivity (Wildman–Crippen MR) is 54.4 cm³/mol. The van der Waals surface area contributed by atoms with E-state index in [9.17, 15) is 4.79 Å². The molecule has 0 rings (SSSR count).